The summed E-state index contributed by atoms with van der Waals surface area (Å²) in [4.78, 5) is 18.5. The maximum atomic E-state index is 12.3. The Balaban J connectivity index is 1.86. The van der Waals surface area contributed by atoms with Crippen molar-refractivity contribution in [2.75, 3.05) is 13.1 Å². The Bertz CT molecular complexity index is 756. The predicted octanol–water partition coefficient (Wildman–Crippen LogP) is 3.78. The topological polar surface area (TPSA) is 55.6 Å². The van der Waals surface area contributed by atoms with Gasteiger partial charge in [0.2, 0.25) is 0 Å². The van der Waals surface area contributed by atoms with Crippen molar-refractivity contribution < 1.29 is 13.9 Å². The molecule has 1 amide bonds. The summed E-state index contributed by atoms with van der Waals surface area (Å²) in [6.07, 6.45) is 1.40. The van der Waals surface area contributed by atoms with E-state index in [2.05, 4.69) is 18.0 Å². The summed E-state index contributed by atoms with van der Waals surface area (Å²) in [7, 11) is 0. The first-order valence-electron chi connectivity index (χ1n) is 8.11. The van der Waals surface area contributed by atoms with Gasteiger partial charge in [0.15, 0.2) is 11.5 Å². The maximum absolute atomic E-state index is 12.3. The molecule has 0 saturated heterocycles. The zero-order valence-corrected chi connectivity index (χ0v) is 14.5. The number of carbonyl (C=O) groups excluding carboxylic acids is 1. The van der Waals surface area contributed by atoms with Crippen LogP contribution < -0.4 is 0 Å². The fourth-order valence-electron chi connectivity index (χ4n) is 3.13. The van der Waals surface area contributed by atoms with Crippen molar-refractivity contribution >= 4 is 17.2 Å². The van der Waals surface area contributed by atoms with Gasteiger partial charge in [0.25, 0.3) is 0 Å². The minimum absolute atomic E-state index is 0.236. The third kappa shape index (κ3) is 3.19. The molecular weight excluding hydrogens is 292 g/mol. The number of amides is 1. The van der Waals surface area contributed by atoms with Gasteiger partial charge in [-0.3, -0.25) is 0 Å². The second-order valence-corrected chi connectivity index (χ2v) is 7.19. The molecule has 2 heterocycles. The zero-order valence-electron chi connectivity index (χ0n) is 14.5. The standard InChI is InChI=1S/C18H24N2O3/c1-11-14-7-9-20(17(21)23-18(3,4)5)8-6-13(14)10-15-16(11)22-12(2)19-15/h10H,6-9H2,1-5H3. The molecule has 0 bridgehead atoms. The number of fused-ring (bicyclic) bond motifs is 2. The highest BCUT2D eigenvalue weighted by Crippen LogP contribution is 2.29. The van der Waals surface area contributed by atoms with Crippen LogP contribution in [0.2, 0.25) is 0 Å². The molecule has 0 unspecified atom stereocenters. The van der Waals surface area contributed by atoms with Crippen molar-refractivity contribution in [3.63, 3.8) is 0 Å². The maximum Gasteiger partial charge on any atom is 0.410 e. The van der Waals surface area contributed by atoms with Gasteiger partial charge in [-0.1, -0.05) is 0 Å². The number of aryl methyl sites for hydroxylation is 2. The van der Waals surface area contributed by atoms with E-state index in [1.807, 2.05) is 27.7 Å². The van der Waals surface area contributed by atoms with Crippen LogP contribution in [0, 0.1) is 13.8 Å². The number of benzene rings is 1. The first kappa shape index (κ1) is 15.8. The summed E-state index contributed by atoms with van der Waals surface area (Å²) in [5.41, 5.74) is 4.99. The van der Waals surface area contributed by atoms with Crippen molar-refractivity contribution in [1.82, 2.24) is 9.88 Å². The largest absolute Gasteiger partial charge is 0.444 e. The van der Waals surface area contributed by atoms with Crippen LogP contribution in [-0.4, -0.2) is 34.7 Å². The lowest BCUT2D eigenvalue weighted by molar-refractivity contribution is 0.0258. The Kier molecular flexibility index (Phi) is 3.82. The Morgan fingerprint density at radius 1 is 1.26 bits per heavy atom. The summed E-state index contributed by atoms with van der Waals surface area (Å²) >= 11 is 0. The van der Waals surface area contributed by atoms with Crippen LogP contribution in [0.1, 0.15) is 43.4 Å². The first-order valence-corrected chi connectivity index (χ1v) is 8.11. The Labute approximate surface area is 136 Å². The number of hydrogen-bond acceptors (Lipinski definition) is 4. The van der Waals surface area contributed by atoms with E-state index in [-0.39, 0.29) is 6.09 Å². The number of nitrogens with zero attached hydrogens (tertiary/aromatic N) is 2. The van der Waals surface area contributed by atoms with Crippen molar-refractivity contribution in [1.29, 1.82) is 0 Å². The zero-order chi connectivity index (χ0) is 16.8. The molecule has 0 aliphatic carbocycles. The lowest BCUT2D eigenvalue weighted by Crippen LogP contribution is -2.38. The number of hydrogen-bond donors (Lipinski definition) is 0. The van der Waals surface area contributed by atoms with Crippen LogP contribution in [0.3, 0.4) is 0 Å². The van der Waals surface area contributed by atoms with Gasteiger partial charge >= 0.3 is 6.09 Å². The van der Waals surface area contributed by atoms with Gasteiger partial charge in [0, 0.05) is 20.0 Å². The van der Waals surface area contributed by atoms with Gasteiger partial charge in [-0.05, 0) is 63.3 Å². The number of rotatable bonds is 0. The SMILES string of the molecule is Cc1nc2cc3c(c(C)c2o1)CCN(C(=O)OC(C)(C)C)CC3. The van der Waals surface area contributed by atoms with Crippen molar-refractivity contribution in [3.8, 4) is 0 Å². The van der Waals surface area contributed by atoms with Crippen molar-refractivity contribution in [2.45, 2.75) is 53.1 Å². The summed E-state index contributed by atoms with van der Waals surface area (Å²) in [6, 6.07) is 2.10. The van der Waals surface area contributed by atoms with Crippen LogP contribution >= 0.6 is 0 Å². The molecule has 0 saturated carbocycles. The molecule has 3 rings (SSSR count). The second kappa shape index (κ2) is 5.55. The van der Waals surface area contributed by atoms with Crippen LogP contribution in [0.4, 0.5) is 4.79 Å². The fraction of sp³-hybridized carbons (Fsp3) is 0.556. The van der Waals surface area contributed by atoms with E-state index in [0.717, 1.165) is 29.5 Å². The molecular formula is C18H24N2O3. The van der Waals surface area contributed by atoms with E-state index >= 15 is 0 Å². The quantitative estimate of drug-likeness (QED) is 0.742. The van der Waals surface area contributed by atoms with Crippen LogP contribution in [-0.2, 0) is 17.6 Å². The van der Waals surface area contributed by atoms with Crippen molar-refractivity contribution in [3.05, 3.63) is 28.6 Å². The molecule has 1 aromatic heterocycles. The monoisotopic (exact) mass is 316 g/mol. The number of carbonyl (C=O) groups is 1. The predicted molar refractivity (Wildman–Crippen MR) is 88.7 cm³/mol. The first-order chi connectivity index (χ1) is 10.7. The minimum atomic E-state index is -0.465. The van der Waals surface area contributed by atoms with Gasteiger partial charge in [0.1, 0.15) is 11.1 Å². The smallest absolute Gasteiger partial charge is 0.410 e. The van der Waals surface area contributed by atoms with Gasteiger partial charge < -0.3 is 14.1 Å². The van der Waals surface area contributed by atoms with Gasteiger partial charge in [-0.2, -0.15) is 0 Å². The molecule has 124 valence electrons. The van der Waals surface area contributed by atoms with E-state index in [4.69, 9.17) is 9.15 Å². The van der Waals surface area contributed by atoms with Crippen LogP contribution in [0.5, 0.6) is 0 Å². The molecule has 0 radical (unpaired) electrons. The molecule has 0 spiro atoms. The van der Waals surface area contributed by atoms with E-state index in [0.29, 0.717) is 19.0 Å². The summed E-state index contributed by atoms with van der Waals surface area (Å²) in [6.45, 7) is 11.0. The molecule has 1 aliphatic heterocycles. The third-order valence-electron chi connectivity index (χ3n) is 4.19. The molecule has 1 aromatic carbocycles. The fourth-order valence-corrected chi connectivity index (χ4v) is 3.13. The van der Waals surface area contributed by atoms with E-state index in [1.54, 1.807) is 4.90 Å². The Morgan fingerprint density at radius 3 is 2.65 bits per heavy atom. The highest BCUT2D eigenvalue weighted by atomic mass is 16.6. The molecule has 0 atom stereocenters. The summed E-state index contributed by atoms with van der Waals surface area (Å²) < 4.78 is 11.2. The van der Waals surface area contributed by atoms with Gasteiger partial charge in [-0.25, -0.2) is 9.78 Å². The Morgan fingerprint density at radius 2 is 1.96 bits per heavy atom. The average Bonchev–Trinajstić information content (AvgIpc) is 2.66. The normalized spacial score (nSPS) is 15.4. The molecule has 2 aromatic rings. The molecule has 0 N–H and O–H groups in total. The summed E-state index contributed by atoms with van der Waals surface area (Å²) in [5, 5.41) is 0. The second-order valence-electron chi connectivity index (χ2n) is 7.19. The van der Waals surface area contributed by atoms with E-state index < -0.39 is 5.60 Å². The Hall–Kier alpha value is -2.04. The summed E-state index contributed by atoms with van der Waals surface area (Å²) in [5.74, 6) is 0.693. The van der Waals surface area contributed by atoms with Crippen LogP contribution in [0.15, 0.2) is 10.5 Å². The highest BCUT2D eigenvalue weighted by molar-refractivity contribution is 5.79. The number of oxazole rings is 1. The van der Waals surface area contributed by atoms with Crippen molar-refractivity contribution in [2.24, 2.45) is 0 Å². The molecule has 1 aliphatic rings. The van der Waals surface area contributed by atoms with Crippen LogP contribution in [0.25, 0.3) is 11.1 Å². The minimum Gasteiger partial charge on any atom is -0.444 e. The highest BCUT2D eigenvalue weighted by Gasteiger charge is 2.25. The molecule has 23 heavy (non-hydrogen) atoms. The molecule has 5 heteroatoms. The van der Waals surface area contributed by atoms with Gasteiger partial charge in [0.05, 0.1) is 0 Å². The lowest BCUT2D eigenvalue weighted by atomic mass is 9.97. The number of aromatic nitrogens is 1. The molecule has 0 fully saturated rings. The molecule has 5 nitrogen and oxygen atoms in total. The average molecular weight is 316 g/mol. The third-order valence-corrected chi connectivity index (χ3v) is 4.19. The van der Waals surface area contributed by atoms with Gasteiger partial charge in [-0.15, -0.1) is 0 Å². The lowest BCUT2D eigenvalue weighted by Gasteiger charge is -2.26. The van der Waals surface area contributed by atoms with E-state index in [9.17, 15) is 4.79 Å². The number of ether oxygens (including phenoxy) is 1. The van der Waals surface area contributed by atoms with E-state index in [1.165, 1.54) is 11.1 Å².